The van der Waals surface area contributed by atoms with Crippen LogP contribution in [-0.2, 0) is 7.05 Å². The summed E-state index contributed by atoms with van der Waals surface area (Å²) in [4.78, 5) is 9.82. The zero-order valence-electron chi connectivity index (χ0n) is 5.03. The Bertz CT molecular complexity index is 209. The fourth-order valence-corrected chi connectivity index (χ4v) is 0.534. The van der Waals surface area contributed by atoms with Gasteiger partial charge in [-0.1, -0.05) is 0 Å². The summed E-state index contributed by atoms with van der Waals surface area (Å²) in [6, 6.07) is 1.52. The van der Waals surface area contributed by atoms with Crippen molar-refractivity contribution in [1.82, 2.24) is 9.78 Å². The van der Waals surface area contributed by atoms with E-state index in [2.05, 4.69) is 17.2 Å². The van der Waals surface area contributed by atoms with E-state index >= 15 is 0 Å². The second-order valence-electron chi connectivity index (χ2n) is 1.71. The molecule has 0 N–H and O–H groups in total. The Balaban J connectivity index is 3.11. The van der Waals surface area contributed by atoms with Crippen LogP contribution in [0.5, 0.6) is 0 Å². The molecule has 0 amide bonds. The molecular weight excluding hydrogens is 118 g/mol. The van der Waals surface area contributed by atoms with E-state index in [0.29, 0.717) is 5.69 Å². The Morgan fingerprint density at radius 2 is 2.56 bits per heavy atom. The molecule has 4 heteroatoms. The molecule has 1 radical (unpaired) electrons. The van der Waals surface area contributed by atoms with Crippen molar-refractivity contribution in [3.63, 3.8) is 0 Å². The predicted octanol–water partition coefficient (Wildman–Crippen LogP) is 1.00. The molecule has 0 aliphatic rings. The first kappa shape index (κ1) is 5.94. The highest BCUT2D eigenvalue weighted by molar-refractivity contribution is 5.29. The maximum Gasteiger partial charge on any atom is 0.217 e. The van der Waals surface area contributed by atoms with E-state index in [1.807, 2.05) is 0 Å². The average molecular weight is 124 g/mol. The van der Waals surface area contributed by atoms with Crippen molar-refractivity contribution in [2.24, 2.45) is 12.2 Å². The van der Waals surface area contributed by atoms with E-state index in [9.17, 15) is 4.91 Å². The standard InChI is InChI=1S/C5H6N3O/c1-4-3-5(7-9)6-8(4)2/h3H,1H2,2H3. The molecule has 0 bridgehead atoms. The highest BCUT2D eigenvalue weighted by Crippen LogP contribution is 2.08. The minimum atomic E-state index is 0.183. The molecule has 0 spiro atoms. The smallest absolute Gasteiger partial charge is 0.217 e. The number of hydrogen-bond acceptors (Lipinski definition) is 3. The van der Waals surface area contributed by atoms with Crippen molar-refractivity contribution in [1.29, 1.82) is 0 Å². The molecule has 1 aromatic heterocycles. The zero-order chi connectivity index (χ0) is 6.85. The topological polar surface area (TPSA) is 47.2 Å². The van der Waals surface area contributed by atoms with Crippen molar-refractivity contribution in [3.05, 3.63) is 23.6 Å². The summed E-state index contributed by atoms with van der Waals surface area (Å²) in [6.45, 7) is 3.59. The highest BCUT2D eigenvalue weighted by Gasteiger charge is 1.97. The quantitative estimate of drug-likeness (QED) is 0.524. The number of nitrogens with zero attached hydrogens (tertiary/aromatic N) is 3. The second-order valence-corrected chi connectivity index (χ2v) is 1.71. The van der Waals surface area contributed by atoms with Gasteiger partial charge in [0.05, 0.1) is 0 Å². The van der Waals surface area contributed by atoms with E-state index in [1.54, 1.807) is 7.05 Å². The maximum atomic E-state index is 9.82. The molecule has 0 aromatic carbocycles. The van der Waals surface area contributed by atoms with Gasteiger partial charge in [-0.05, 0) is 12.1 Å². The molecule has 0 saturated carbocycles. The normalized spacial score (nSPS) is 9.56. The Morgan fingerprint density at radius 3 is 2.78 bits per heavy atom. The summed E-state index contributed by atoms with van der Waals surface area (Å²) in [5, 5.41) is 6.33. The Hall–Kier alpha value is -1.19. The molecule has 0 unspecified atom stereocenters. The minimum absolute atomic E-state index is 0.183. The van der Waals surface area contributed by atoms with E-state index < -0.39 is 0 Å². The molecule has 0 aliphatic carbocycles. The van der Waals surface area contributed by atoms with Crippen molar-refractivity contribution in [2.75, 3.05) is 0 Å². The predicted molar refractivity (Wildman–Crippen MR) is 33.1 cm³/mol. The van der Waals surface area contributed by atoms with Gasteiger partial charge in [0.15, 0.2) is 0 Å². The van der Waals surface area contributed by atoms with Crippen LogP contribution < -0.4 is 0 Å². The van der Waals surface area contributed by atoms with Crippen LogP contribution in [0.15, 0.2) is 11.2 Å². The summed E-state index contributed by atoms with van der Waals surface area (Å²) >= 11 is 0. The van der Waals surface area contributed by atoms with Gasteiger partial charge in [0.1, 0.15) is 0 Å². The molecule has 47 valence electrons. The molecule has 1 aromatic rings. The molecule has 9 heavy (non-hydrogen) atoms. The number of aryl methyl sites for hydroxylation is 1. The lowest BCUT2D eigenvalue weighted by Gasteiger charge is -1.86. The fraction of sp³-hybridized carbons (Fsp3) is 0.200. The number of nitroso groups, excluding NO2 is 1. The summed E-state index contributed by atoms with van der Waals surface area (Å²) in [5.41, 5.74) is 0.685. The molecule has 0 atom stereocenters. The van der Waals surface area contributed by atoms with Crippen LogP contribution in [0, 0.1) is 11.8 Å². The van der Waals surface area contributed by atoms with E-state index in [0.717, 1.165) is 0 Å². The SMILES string of the molecule is [CH2]c1cc(N=O)nn1C. The second kappa shape index (κ2) is 1.97. The maximum absolute atomic E-state index is 9.82. The van der Waals surface area contributed by atoms with Crippen LogP contribution in [0.25, 0.3) is 0 Å². The van der Waals surface area contributed by atoms with Crippen molar-refractivity contribution < 1.29 is 0 Å². The van der Waals surface area contributed by atoms with Gasteiger partial charge in [-0.25, -0.2) is 0 Å². The van der Waals surface area contributed by atoms with Gasteiger partial charge in [0.2, 0.25) is 5.82 Å². The van der Waals surface area contributed by atoms with Gasteiger partial charge in [-0.3, -0.25) is 4.68 Å². The van der Waals surface area contributed by atoms with Crippen LogP contribution in [0.2, 0.25) is 0 Å². The van der Waals surface area contributed by atoms with E-state index in [-0.39, 0.29) is 5.82 Å². The number of hydrogen-bond donors (Lipinski definition) is 0. The Kier molecular flexibility index (Phi) is 1.30. The van der Waals surface area contributed by atoms with Crippen LogP contribution in [-0.4, -0.2) is 9.78 Å². The van der Waals surface area contributed by atoms with Gasteiger partial charge in [-0.2, -0.15) is 0 Å². The lowest BCUT2D eigenvalue weighted by molar-refractivity contribution is 0.754. The molecule has 1 heterocycles. The van der Waals surface area contributed by atoms with Gasteiger partial charge < -0.3 is 0 Å². The van der Waals surface area contributed by atoms with Gasteiger partial charge >= 0.3 is 0 Å². The zero-order valence-corrected chi connectivity index (χ0v) is 5.03. The lowest BCUT2D eigenvalue weighted by Crippen LogP contribution is -1.90. The first-order valence-corrected chi connectivity index (χ1v) is 2.43. The average Bonchev–Trinajstić information content (AvgIpc) is 2.13. The molecule has 0 fully saturated rings. The third-order valence-corrected chi connectivity index (χ3v) is 1.06. The molecule has 0 aliphatic heterocycles. The fourth-order valence-electron chi connectivity index (χ4n) is 0.534. The number of aromatic nitrogens is 2. The van der Waals surface area contributed by atoms with Crippen LogP contribution in [0.3, 0.4) is 0 Å². The summed E-state index contributed by atoms with van der Waals surface area (Å²) in [5.74, 6) is 0.183. The van der Waals surface area contributed by atoms with Crippen LogP contribution >= 0.6 is 0 Å². The van der Waals surface area contributed by atoms with Crippen molar-refractivity contribution >= 4 is 5.82 Å². The monoisotopic (exact) mass is 124 g/mol. The number of rotatable bonds is 1. The first-order valence-electron chi connectivity index (χ1n) is 2.43. The third kappa shape index (κ3) is 0.960. The van der Waals surface area contributed by atoms with Crippen molar-refractivity contribution in [3.8, 4) is 0 Å². The van der Waals surface area contributed by atoms with Crippen LogP contribution in [0.1, 0.15) is 5.69 Å². The summed E-state index contributed by atoms with van der Waals surface area (Å²) in [6.07, 6.45) is 0. The first-order chi connectivity index (χ1) is 4.24. The van der Waals surface area contributed by atoms with E-state index in [1.165, 1.54) is 10.7 Å². The Morgan fingerprint density at radius 1 is 1.89 bits per heavy atom. The van der Waals surface area contributed by atoms with Crippen LogP contribution in [0.4, 0.5) is 5.82 Å². The molecule has 4 nitrogen and oxygen atoms in total. The van der Waals surface area contributed by atoms with Crippen molar-refractivity contribution in [2.45, 2.75) is 0 Å². The minimum Gasteiger partial charge on any atom is -0.270 e. The lowest BCUT2D eigenvalue weighted by atomic mass is 10.5. The summed E-state index contributed by atoms with van der Waals surface area (Å²) in [7, 11) is 1.71. The van der Waals surface area contributed by atoms with E-state index in [4.69, 9.17) is 0 Å². The van der Waals surface area contributed by atoms with Gasteiger partial charge in [0.25, 0.3) is 0 Å². The van der Waals surface area contributed by atoms with Gasteiger partial charge in [0, 0.05) is 18.8 Å². The largest absolute Gasteiger partial charge is 0.270 e. The Labute approximate surface area is 52.5 Å². The molecule has 1 rings (SSSR count). The third-order valence-electron chi connectivity index (χ3n) is 1.06. The molecular formula is C5H6N3O. The summed E-state index contributed by atoms with van der Waals surface area (Å²) < 4.78 is 1.50. The molecule has 0 saturated heterocycles. The van der Waals surface area contributed by atoms with Gasteiger partial charge in [-0.15, -0.1) is 10.0 Å². The highest BCUT2D eigenvalue weighted by atomic mass is 16.3.